The van der Waals surface area contributed by atoms with Crippen LogP contribution in [0.2, 0.25) is 10.0 Å². The summed E-state index contributed by atoms with van der Waals surface area (Å²) in [6.45, 7) is 1.81. The van der Waals surface area contributed by atoms with Crippen molar-refractivity contribution in [3.8, 4) is 0 Å². The maximum absolute atomic E-state index is 9.75. The molecule has 0 fully saturated rings. The monoisotopic (exact) mass is 248 g/mol. The molecule has 0 heterocycles. The number of benzene rings is 1. The summed E-state index contributed by atoms with van der Waals surface area (Å²) in [4.78, 5) is 0. The van der Waals surface area contributed by atoms with Gasteiger partial charge in [0, 0.05) is 23.6 Å². The van der Waals surface area contributed by atoms with Crippen molar-refractivity contribution in [2.75, 3.05) is 7.11 Å². The highest BCUT2D eigenvalue weighted by Gasteiger charge is 2.15. The molecule has 15 heavy (non-hydrogen) atoms. The summed E-state index contributed by atoms with van der Waals surface area (Å²) in [5, 5.41) is 10.9. The van der Waals surface area contributed by atoms with Crippen molar-refractivity contribution in [3.05, 3.63) is 33.8 Å². The van der Waals surface area contributed by atoms with Crippen molar-refractivity contribution in [1.82, 2.24) is 0 Å². The lowest BCUT2D eigenvalue weighted by molar-refractivity contribution is 0.000418. The smallest absolute Gasteiger partial charge is 0.0839 e. The van der Waals surface area contributed by atoms with Crippen molar-refractivity contribution in [2.45, 2.75) is 25.6 Å². The minimum atomic E-state index is -0.561. The average Bonchev–Trinajstić information content (AvgIpc) is 2.20. The summed E-state index contributed by atoms with van der Waals surface area (Å²) in [7, 11) is 1.57. The SMILES string of the molecule is COC(C)C(O)Cc1ccc(Cl)cc1Cl. The fourth-order valence-corrected chi connectivity index (χ4v) is 1.72. The molecular weight excluding hydrogens is 235 g/mol. The van der Waals surface area contributed by atoms with Crippen LogP contribution < -0.4 is 0 Å². The summed E-state index contributed by atoms with van der Waals surface area (Å²) in [5.74, 6) is 0. The molecule has 1 aromatic rings. The van der Waals surface area contributed by atoms with E-state index in [1.165, 1.54) is 0 Å². The molecule has 1 rings (SSSR count). The molecule has 0 saturated carbocycles. The van der Waals surface area contributed by atoms with Crippen LogP contribution in [0.4, 0.5) is 0 Å². The van der Waals surface area contributed by atoms with Crippen molar-refractivity contribution in [2.24, 2.45) is 0 Å². The summed E-state index contributed by atoms with van der Waals surface area (Å²) in [6.07, 6.45) is -0.309. The first kappa shape index (κ1) is 12.8. The van der Waals surface area contributed by atoms with Gasteiger partial charge < -0.3 is 9.84 Å². The summed E-state index contributed by atoms with van der Waals surface area (Å²) in [5.41, 5.74) is 0.873. The first-order valence-electron chi connectivity index (χ1n) is 4.69. The molecule has 2 atom stereocenters. The average molecular weight is 249 g/mol. The van der Waals surface area contributed by atoms with E-state index in [2.05, 4.69) is 0 Å². The molecule has 0 aliphatic rings. The van der Waals surface area contributed by atoms with E-state index in [1.807, 2.05) is 13.0 Å². The summed E-state index contributed by atoms with van der Waals surface area (Å²) in [6, 6.07) is 5.24. The largest absolute Gasteiger partial charge is 0.390 e. The van der Waals surface area contributed by atoms with E-state index in [0.717, 1.165) is 5.56 Å². The number of rotatable bonds is 4. The van der Waals surface area contributed by atoms with Gasteiger partial charge in [-0.3, -0.25) is 0 Å². The first-order chi connectivity index (χ1) is 7.04. The lowest BCUT2D eigenvalue weighted by Crippen LogP contribution is -2.26. The van der Waals surface area contributed by atoms with E-state index >= 15 is 0 Å². The van der Waals surface area contributed by atoms with Crippen LogP contribution in [0, 0.1) is 0 Å². The first-order valence-corrected chi connectivity index (χ1v) is 5.45. The lowest BCUT2D eigenvalue weighted by Gasteiger charge is -2.17. The van der Waals surface area contributed by atoms with Gasteiger partial charge in [0.1, 0.15) is 0 Å². The van der Waals surface area contributed by atoms with E-state index in [0.29, 0.717) is 16.5 Å². The zero-order valence-corrected chi connectivity index (χ0v) is 10.2. The number of methoxy groups -OCH3 is 1. The van der Waals surface area contributed by atoms with E-state index in [9.17, 15) is 5.11 Å². The minimum absolute atomic E-state index is 0.211. The molecule has 2 unspecified atom stereocenters. The number of hydrogen-bond donors (Lipinski definition) is 1. The Bertz CT molecular complexity index is 328. The van der Waals surface area contributed by atoms with Gasteiger partial charge >= 0.3 is 0 Å². The van der Waals surface area contributed by atoms with Crippen LogP contribution in [0.3, 0.4) is 0 Å². The molecule has 4 heteroatoms. The van der Waals surface area contributed by atoms with Crippen molar-refractivity contribution in [1.29, 1.82) is 0 Å². The van der Waals surface area contributed by atoms with E-state index in [-0.39, 0.29) is 6.10 Å². The molecule has 84 valence electrons. The highest BCUT2D eigenvalue weighted by atomic mass is 35.5. The number of aliphatic hydroxyl groups is 1. The van der Waals surface area contributed by atoms with E-state index in [4.69, 9.17) is 27.9 Å². The zero-order valence-electron chi connectivity index (χ0n) is 8.71. The Morgan fingerprint density at radius 3 is 2.60 bits per heavy atom. The third-order valence-electron chi connectivity index (χ3n) is 2.36. The summed E-state index contributed by atoms with van der Waals surface area (Å²) < 4.78 is 5.03. The molecule has 0 saturated heterocycles. The predicted molar refractivity (Wildman–Crippen MR) is 62.6 cm³/mol. The molecule has 0 aliphatic heterocycles. The molecule has 0 aliphatic carbocycles. The second kappa shape index (κ2) is 5.71. The van der Waals surface area contributed by atoms with Gasteiger partial charge in [0.2, 0.25) is 0 Å². The van der Waals surface area contributed by atoms with Crippen LogP contribution in [0.15, 0.2) is 18.2 Å². The Balaban J connectivity index is 2.72. The topological polar surface area (TPSA) is 29.5 Å². The fraction of sp³-hybridized carbons (Fsp3) is 0.455. The standard InChI is InChI=1S/C11H14Cl2O2/c1-7(15-2)11(14)5-8-3-4-9(12)6-10(8)13/h3-4,6-7,11,14H,5H2,1-2H3. The molecular formula is C11H14Cl2O2. The van der Waals surface area contributed by atoms with E-state index in [1.54, 1.807) is 19.2 Å². The van der Waals surface area contributed by atoms with Crippen LogP contribution in [0.1, 0.15) is 12.5 Å². The normalized spacial score (nSPS) is 15.0. The van der Waals surface area contributed by atoms with Gasteiger partial charge in [-0.1, -0.05) is 29.3 Å². The maximum Gasteiger partial charge on any atom is 0.0839 e. The Hall–Kier alpha value is -0.280. The highest BCUT2D eigenvalue weighted by molar-refractivity contribution is 6.35. The number of hydrogen-bond acceptors (Lipinski definition) is 2. The number of ether oxygens (including phenoxy) is 1. The Morgan fingerprint density at radius 2 is 2.07 bits per heavy atom. The van der Waals surface area contributed by atoms with Gasteiger partial charge in [0.15, 0.2) is 0 Å². The highest BCUT2D eigenvalue weighted by Crippen LogP contribution is 2.22. The predicted octanol–water partition coefficient (Wildman–Crippen LogP) is 2.93. The molecule has 0 aromatic heterocycles. The van der Waals surface area contributed by atoms with Gasteiger partial charge in [-0.15, -0.1) is 0 Å². The van der Waals surface area contributed by atoms with E-state index < -0.39 is 6.10 Å². The maximum atomic E-state index is 9.75. The second-order valence-electron chi connectivity index (χ2n) is 3.45. The molecule has 0 amide bonds. The molecule has 0 radical (unpaired) electrons. The second-order valence-corrected chi connectivity index (χ2v) is 4.29. The van der Waals surface area contributed by atoms with Gasteiger partial charge in [0.05, 0.1) is 12.2 Å². The molecule has 1 aromatic carbocycles. The molecule has 0 bridgehead atoms. The lowest BCUT2D eigenvalue weighted by atomic mass is 10.0. The van der Waals surface area contributed by atoms with Crippen LogP contribution in [-0.4, -0.2) is 24.4 Å². The van der Waals surface area contributed by atoms with Crippen LogP contribution in [-0.2, 0) is 11.2 Å². The van der Waals surface area contributed by atoms with Crippen LogP contribution >= 0.6 is 23.2 Å². The Labute approximate surface area is 99.8 Å². The van der Waals surface area contributed by atoms with Gasteiger partial charge in [-0.25, -0.2) is 0 Å². The summed E-state index contributed by atoms with van der Waals surface area (Å²) >= 11 is 11.8. The fourth-order valence-electron chi connectivity index (χ4n) is 1.24. The number of halogens is 2. The molecule has 0 spiro atoms. The van der Waals surface area contributed by atoms with Gasteiger partial charge in [0.25, 0.3) is 0 Å². The van der Waals surface area contributed by atoms with Crippen molar-refractivity contribution >= 4 is 23.2 Å². The van der Waals surface area contributed by atoms with Crippen LogP contribution in [0.25, 0.3) is 0 Å². The zero-order chi connectivity index (χ0) is 11.4. The third kappa shape index (κ3) is 3.65. The third-order valence-corrected chi connectivity index (χ3v) is 2.94. The Kier molecular flexibility index (Phi) is 4.87. The van der Waals surface area contributed by atoms with Gasteiger partial charge in [-0.05, 0) is 24.6 Å². The van der Waals surface area contributed by atoms with Crippen LogP contribution in [0.5, 0.6) is 0 Å². The van der Waals surface area contributed by atoms with Crippen molar-refractivity contribution < 1.29 is 9.84 Å². The minimum Gasteiger partial charge on any atom is -0.390 e. The van der Waals surface area contributed by atoms with Gasteiger partial charge in [-0.2, -0.15) is 0 Å². The molecule has 2 nitrogen and oxygen atoms in total. The van der Waals surface area contributed by atoms with Crippen molar-refractivity contribution in [3.63, 3.8) is 0 Å². The Morgan fingerprint density at radius 1 is 1.40 bits per heavy atom. The number of aliphatic hydroxyl groups excluding tert-OH is 1. The molecule has 1 N–H and O–H groups in total. The quantitative estimate of drug-likeness (QED) is 0.888.